The molecule has 3 heteroatoms. The van der Waals surface area contributed by atoms with E-state index in [1.165, 1.54) is 48.9 Å². The van der Waals surface area contributed by atoms with Crippen LogP contribution in [-0.2, 0) is 6.42 Å². The monoisotopic (exact) mass is 311 g/mol. The smallest absolute Gasteiger partial charge is 0.134 e. The summed E-state index contributed by atoms with van der Waals surface area (Å²) < 4.78 is 11.9. The summed E-state index contributed by atoms with van der Waals surface area (Å²) in [6, 6.07) is 7.64. The van der Waals surface area contributed by atoms with E-state index in [-0.39, 0.29) is 0 Å². The largest absolute Gasteiger partial charge is 0.497 e. The van der Waals surface area contributed by atoms with Gasteiger partial charge in [0.25, 0.3) is 0 Å². The van der Waals surface area contributed by atoms with Gasteiger partial charge in [0.15, 0.2) is 0 Å². The van der Waals surface area contributed by atoms with Crippen molar-refractivity contribution in [3.05, 3.63) is 29.5 Å². The molecule has 0 radical (unpaired) electrons. The van der Waals surface area contributed by atoms with E-state index in [0.29, 0.717) is 18.0 Å². The van der Waals surface area contributed by atoms with Gasteiger partial charge in [-0.25, -0.2) is 0 Å². The molecule has 2 saturated heterocycles. The topological polar surface area (TPSA) is 25.6 Å². The van der Waals surface area contributed by atoms with Crippen molar-refractivity contribution in [3.63, 3.8) is 0 Å². The van der Waals surface area contributed by atoms with E-state index in [2.05, 4.69) is 24.0 Å². The van der Waals surface area contributed by atoms with Crippen LogP contribution in [0.1, 0.15) is 49.8 Å². The summed E-state index contributed by atoms with van der Waals surface area (Å²) in [4.78, 5) is 2.82. The molecular weight excluding hydrogens is 286 g/mol. The van der Waals surface area contributed by atoms with E-state index in [9.17, 15) is 0 Å². The number of methoxy groups -OCH3 is 1. The molecule has 1 aliphatic carbocycles. The molecule has 4 aliphatic rings. The summed E-state index contributed by atoms with van der Waals surface area (Å²) in [5.41, 5.74) is 2.51. The zero-order valence-electron chi connectivity index (χ0n) is 14.0. The van der Waals surface area contributed by atoms with Crippen molar-refractivity contribution >= 4 is 11.0 Å². The van der Waals surface area contributed by atoms with Gasteiger partial charge in [0.1, 0.15) is 17.1 Å². The summed E-state index contributed by atoms with van der Waals surface area (Å²) in [5, 5.41) is 1.28. The van der Waals surface area contributed by atoms with Gasteiger partial charge in [0.05, 0.1) is 7.11 Å². The molecule has 4 unspecified atom stereocenters. The van der Waals surface area contributed by atoms with Gasteiger partial charge in [0.2, 0.25) is 0 Å². The molecule has 3 fully saturated rings. The van der Waals surface area contributed by atoms with E-state index in [1.807, 2.05) is 6.07 Å². The van der Waals surface area contributed by atoms with Gasteiger partial charge in [-0.1, -0.05) is 6.92 Å². The molecule has 3 nitrogen and oxygen atoms in total. The highest BCUT2D eigenvalue weighted by molar-refractivity contribution is 5.84. The summed E-state index contributed by atoms with van der Waals surface area (Å²) in [5.74, 6) is 3.70. The zero-order chi connectivity index (χ0) is 15.6. The number of piperidine rings is 2. The molecule has 0 N–H and O–H groups in total. The second-order valence-corrected chi connectivity index (χ2v) is 7.62. The second kappa shape index (κ2) is 5.01. The highest BCUT2D eigenvalue weighted by Gasteiger charge is 2.47. The molecule has 1 aromatic heterocycles. The Labute approximate surface area is 137 Å². The normalized spacial score (nSPS) is 35.1. The number of ether oxygens (including phenoxy) is 1. The molecule has 0 spiro atoms. The minimum absolute atomic E-state index is 0.604. The van der Waals surface area contributed by atoms with E-state index < -0.39 is 0 Å². The number of nitrogens with zero attached hydrogens (tertiary/aromatic N) is 1. The van der Waals surface area contributed by atoms with Crippen LogP contribution in [0.2, 0.25) is 0 Å². The molecule has 2 aromatic rings. The fraction of sp³-hybridized carbons (Fsp3) is 0.600. The number of hydrogen-bond donors (Lipinski definition) is 0. The van der Waals surface area contributed by atoms with Crippen LogP contribution in [0.4, 0.5) is 0 Å². The van der Waals surface area contributed by atoms with Crippen LogP contribution >= 0.6 is 0 Å². The third-order valence-corrected chi connectivity index (χ3v) is 6.56. The van der Waals surface area contributed by atoms with Gasteiger partial charge in [-0.15, -0.1) is 0 Å². The fourth-order valence-electron chi connectivity index (χ4n) is 5.46. The van der Waals surface area contributed by atoms with Crippen molar-refractivity contribution < 1.29 is 9.15 Å². The highest BCUT2D eigenvalue weighted by atomic mass is 16.5. The number of furan rings is 1. The van der Waals surface area contributed by atoms with Crippen molar-refractivity contribution in [1.29, 1.82) is 0 Å². The first-order valence-electron chi connectivity index (χ1n) is 9.13. The molecule has 4 heterocycles. The maximum Gasteiger partial charge on any atom is 0.134 e. The summed E-state index contributed by atoms with van der Waals surface area (Å²) in [6.45, 7) is 3.65. The predicted molar refractivity (Wildman–Crippen MR) is 91.1 cm³/mol. The first-order chi connectivity index (χ1) is 11.3. The van der Waals surface area contributed by atoms with Gasteiger partial charge in [-0.2, -0.15) is 0 Å². The van der Waals surface area contributed by atoms with Crippen LogP contribution < -0.4 is 4.74 Å². The fourth-order valence-corrected chi connectivity index (χ4v) is 5.46. The SMILES string of the molecule is CC[C@@H]1Cc2c(oc3ccc(OC)cc23)C2CC3CCC2N1C3. The van der Waals surface area contributed by atoms with Crippen molar-refractivity contribution in [2.75, 3.05) is 13.7 Å². The van der Waals surface area contributed by atoms with Crippen molar-refractivity contribution in [2.45, 2.75) is 57.0 Å². The van der Waals surface area contributed by atoms with Gasteiger partial charge in [0, 0.05) is 35.5 Å². The summed E-state index contributed by atoms with van der Waals surface area (Å²) >= 11 is 0. The highest BCUT2D eigenvalue weighted by Crippen LogP contribution is 2.50. The molecule has 3 aliphatic heterocycles. The molecule has 23 heavy (non-hydrogen) atoms. The molecule has 0 amide bonds. The Morgan fingerprint density at radius 1 is 1.30 bits per heavy atom. The molecule has 1 saturated carbocycles. The molecular formula is C20H25NO2. The first-order valence-corrected chi connectivity index (χ1v) is 9.13. The van der Waals surface area contributed by atoms with Crippen LogP contribution in [0.5, 0.6) is 5.75 Å². The Balaban J connectivity index is 1.71. The minimum atomic E-state index is 0.604. The quantitative estimate of drug-likeness (QED) is 0.825. The van der Waals surface area contributed by atoms with Crippen molar-refractivity contribution in [1.82, 2.24) is 4.90 Å². The zero-order valence-corrected chi connectivity index (χ0v) is 14.0. The van der Waals surface area contributed by atoms with Gasteiger partial charge in [-0.05, 0) is 56.2 Å². The van der Waals surface area contributed by atoms with Gasteiger partial charge >= 0.3 is 0 Å². The molecule has 1 aromatic carbocycles. The molecule has 4 bridgehead atoms. The minimum Gasteiger partial charge on any atom is -0.497 e. The van der Waals surface area contributed by atoms with Crippen LogP contribution in [0, 0.1) is 5.92 Å². The number of benzene rings is 1. The maximum atomic E-state index is 6.42. The third-order valence-electron chi connectivity index (χ3n) is 6.56. The maximum absolute atomic E-state index is 6.42. The van der Waals surface area contributed by atoms with E-state index in [4.69, 9.17) is 9.15 Å². The van der Waals surface area contributed by atoms with E-state index >= 15 is 0 Å². The lowest BCUT2D eigenvalue weighted by Crippen LogP contribution is -2.55. The first kappa shape index (κ1) is 13.9. The Hall–Kier alpha value is -1.48. The van der Waals surface area contributed by atoms with Gasteiger partial charge < -0.3 is 9.15 Å². The van der Waals surface area contributed by atoms with Crippen molar-refractivity contribution in [3.8, 4) is 5.75 Å². The van der Waals surface area contributed by atoms with E-state index in [1.54, 1.807) is 7.11 Å². The summed E-state index contributed by atoms with van der Waals surface area (Å²) in [7, 11) is 1.74. The lowest BCUT2D eigenvalue weighted by molar-refractivity contribution is -0.00184. The van der Waals surface area contributed by atoms with Crippen LogP contribution in [0.3, 0.4) is 0 Å². The molecule has 6 rings (SSSR count). The predicted octanol–water partition coefficient (Wildman–Crippen LogP) is 4.34. The second-order valence-electron chi connectivity index (χ2n) is 7.62. The van der Waals surface area contributed by atoms with Crippen LogP contribution in [-0.4, -0.2) is 30.6 Å². The lowest BCUT2D eigenvalue weighted by atomic mass is 9.71. The van der Waals surface area contributed by atoms with Crippen LogP contribution in [0.25, 0.3) is 11.0 Å². The third kappa shape index (κ3) is 1.92. The molecule has 5 atom stereocenters. The average Bonchev–Trinajstić information content (AvgIpc) is 2.93. The Morgan fingerprint density at radius 3 is 3.00 bits per heavy atom. The van der Waals surface area contributed by atoms with Crippen LogP contribution in [0.15, 0.2) is 22.6 Å². The molecule has 122 valence electrons. The van der Waals surface area contributed by atoms with Crippen molar-refractivity contribution in [2.24, 2.45) is 5.92 Å². The van der Waals surface area contributed by atoms with Gasteiger partial charge in [-0.3, -0.25) is 4.90 Å². The number of hydrogen-bond acceptors (Lipinski definition) is 3. The standard InChI is InChI=1S/C20H25NO2/c1-3-13-9-16-15-10-14(22-2)5-7-19(15)23-20(16)17-8-12-4-6-18(17)21(13)11-12/h5,7,10,12-13,17-18H,3-4,6,8-9,11H2,1-2H3/t12?,13-,17?,18?/m1/s1. The Morgan fingerprint density at radius 2 is 2.22 bits per heavy atom. The summed E-state index contributed by atoms with van der Waals surface area (Å²) in [6.07, 6.45) is 6.45. The Kier molecular flexibility index (Phi) is 3.03. The van der Waals surface area contributed by atoms with E-state index in [0.717, 1.165) is 23.7 Å². The number of fused-ring (bicyclic) bond motifs is 4. The average molecular weight is 311 g/mol. The lowest BCUT2D eigenvalue weighted by Gasteiger charge is -2.51. The Bertz CT molecular complexity index is 749. The number of rotatable bonds is 2.